The highest BCUT2D eigenvalue weighted by molar-refractivity contribution is 5.85. The summed E-state index contributed by atoms with van der Waals surface area (Å²) in [6, 6.07) is 0. The van der Waals surface area contributed by atoms with Crippen LogP contribution in [0, 0.1) is 5.92 Å². The molecule has 0 radical (unpaired) electrons. The van der Waals surface area contributed by atoms with Crippen molar-refractivity contribution >= 4 is 11.9 Å². The van der Waals surface area contributed by atoms with Crippen molar-refractivity contribution in [2.24, 2.45) is 5.92 Å². The molecule has 5 nitrogen and oxygen atoms in total. The standard InChI is InChI=1S/C12H16O5/c1-12(2,15)9-5-8(11(14)17-9)3-7-4-10(13)16-6-7/h4,8-9,15H,3,5-6H2,1-2H3/t8-,9+/m0/s1. The third-order valence-corrected chi connectivity index (χ3v) is 3.11. The van der Waals surface area contributed by atoms with E-state index in [-0.39, 0.29) is 24.5 Å². The van der Waals surface area contributed by atoms with E-state index in [0.29, 0.717) is 12.8 Å². The largest absolute Gasteiger partial charge is 0.459 e. The van der Waals surface area contributed by atoms with Gasteiger partial charge in [-0.1, -0.05) is 0 Å². The molecule has 2 aliphatic rings. The van der Waals surface area contributed by atoms with Gasteiger partial charge in [0.25, 0.3) is 0 Å². The lowest BCUT2D eigenvalue weighted by Gasteiger charge is -2.23. The molecule has 2 heterocycles. The van der Waals surface area contributed by atoms with E-state index in [1.165, 1.54) is 6.08 Å². The molecule has 2 rings (SSSR count). The number of aliphatic hydroxyl groups is 1. The second-order valence-electron chi connectivity index (χ2n) is 5.13. The number of esters is 2. The van der Waals surface area contributed by atoms with Gasteiger partial charge in [-0.05, 0) is 25.8 Å². The van der Waals surface area contributed by atoms with Crippen molar-refractivity contribution in [1.82, 2.24) is 0 Å². The molecular weight excluding hydrogens is 224 g/mol. The summed E-state index contributed by atoms with van der Waals surface area (Å²) in [5, 5.41) is 9.79. The average molecular weight is 240 g/mol. The molecule has 0 saturated carbocycles. The number of hydrogen-bond acceptors (Lipinski definition) is 5. The average Bonchev–Trinajstić information content (AvgIpc) is 2.74. The van der Waals surface area contributed by atoms with Crippen LogP contribution in [0.15, 0.2) is 11.6 Å². The molecule has 0 unspecified atom stereocenters. The summed E-state index contributed by atoms with van der Waals surface area (Å²) in [6.45, 7) is 3.50. The van der Waals surface area contributed by atoms with Crippen molar-refractivity contribution in [3.63, 3.8) is 0 Å². The van der Waals surface area contributed by atoms with Crippen molar-refractivity contribution in [2.75, 3.05) is 6.61 Å². The fourth-order valence-electron chi connectivity index (χ4n) is 2.09. The maximum Gasteiger partial charge on any atom is 0.331 e. The van der Waals surface area contributed by atoms with Crippen LogP contribution in [-0.2, 0) is 19.1 Å². The topological polar surface area (TPSA) is 72.8 Å². The smallest absolute Gasteiger partial charge is 0.331 e. The van der Waals surface area contributed by atoms with Gasteiger partial charge in [0.2, 0.25) is 0 Å². The minimum absolute atomic E-state index is 0.260. The highest BCUT2D eigenvalue weighted by atomic mass is 16.6. The predicted octanol–water partition coefficient (Wildman–Crippen LogP) is 0.562. The molecule has 0 aromatic heterocycles. The quantitative estimate of drug-likeness (QED) is 0.730. The fraction of sp³-hybridized carbons (Fsp3) is 0.667. The number of carbonyl (C=O) groups excluding carboxylic acids is 2. The van der Waals surface area contributed by atoms with Crippen molar-refractivity contribution in [3.05, 3.63) is 11.6 Å². The van der Waals surface area contributed by atoms with E-state index < -0.39 is 11.7 Å². The van der Waals surface area contributed by atoms with Gasteiger partial charge in [-0.25, -0.2) is 4.79 Å². The molecule has 1 saturated heterocycles. The lowest BCUT2D eigenvalue weighted by atomic mass is 9.91. The molecule has 0 aliphatic carbocycles. The lowest BCUT2D eigenvalue weighted by molar-refractivity contribution is -0.152. The summed E-state index contributed by atoms with van der Waals surface area (Å²) >= 11 is 0. The van der Waals surface area contributed by atoms with Gasteiger partial charge in [0.1, 0.15) is 12.7 Å². The SMILES string of the molecule is CC(C)(O)[C@H]1C[C@H](CC2=CC(=O)OC2)C(=O)O1. The van der Waals surface area contributed by atoms with E-state index in [1.807, 2.05) is 0 Å². The molecule has 94 valence electrons. The zero-order valence-electron chi connectivity index (χ0n) is 9.93. The molecule has 0 bridgehead atoms. The number of hydrogen-bond donors (Lipinski definition) is 1. The van der Waals surface area contributed by atoms with Gasteiger partial charge < -0.3 is 14.6 Å². The third kappa shape index (κ3) is 2.66. The van der Waals surface area contributed by atoms with E-state index in [2.05, 4.69) is 0 Å². The van der Waals surface area contributed by atoms with Crippen LogP contribution in [0.5, 0.6) is 0 Å². The van der Waals surface area contributed by atoms with E-state index >= 15 is 0 Å². The van der Waals surface area contributed by atoms with Crippen LogP contribution >= 0.6 is 0 Å². The minimum atomic E-state index is -1.03. The first-order valence-corrected chi connectivity index (χ1v) is 5.65. The minimum Gasteiger partial charge on any atom is -0.459 e. The molecular formula is C12H16O5. The van der Waals surface area contributed by atoms with Crippen LogP contribution in [0.4, 0.5) is 0 Å². The highest BCUT2D eigenvalue weighted by Gasteiger charge is 2.42. The summed E-state index contributed by atoms with van der Waals surface area (Å²) < 4.78 is 9.91. The van der Waals surface area contributed by atoms with E-state index in [4.69, 9.17) is 9.47 Å². The Bertz CT molecular complexity index is 377. The monoisotopic (exact) mass is 240 g/mol. The lowest BCUT2D eigenvalue weighted by Crippen LogP contribution is -2.35. The molecule has 2 aliphatic heterocycles. The van der Waals surface area contributed by atoms with Crippen molar-refractivity contribution in [1.29, 1.82) is 0 Å². The molecule has 1 N–H and O–H groups in total. The zero-order valence-corrected chi connectivity index (χ0v) is 9.93. The summed E-state index contributed by atoms with van der Waals surface area (Å²) in [7, 11) is 0. The number of ether oxygens (including phenoxy) is 2. The zero-order chi connectivity index (χ0) is 12.6. The van der Waals surface area contributed by atoms with Crippen LogP contribution in [0.25, 0.3) is 0 Å². The predicted molar refractivity (Wildman–Crippen MR) is 57.9 cm³/mol. The van der Waals surface area contributed by atoms with Gasteiger partial charge in [0, 0.05) is 12.5 Å². The molecule has 0 amide bonds. The number of rotatable bonds is 3. The van der Waals surface area contributed by atoms with Crippen LogP contribution < -0.4 is 0 Å². The Morgan fingerprint density at radius 2 is 2.18 bits per heavy atom. The van der Waals surface area contributed by atoms with Gasteiger partial charge in [-0.15, -0.1) is 0 Å². The number of cyclic esters (lactones) is 2. The first-order chi connectivity index (χ1) is 7.86. The van der Waals surface area contributed by atoms with Gasteiger partial charge in [-0.2, -0.15) is 0 Å². The van der Waals surface area contributed by atoms with Crippen LogP contribution in [0.1, 0.15) is 26.7 Å². The maximum absolute atomic E-state index is 11.6. The fourth-order valence-corrected chi connectivity index (χ4v) is 2.09. The molecule has 1 fully saturated rings. The maximum atomic E-state index is 11.6. The molecule has 0 aromatic rings. The van der Waals surface area contributed by atoms with Gasteiger partial charge >= 0.3 is 11.9 Å². The Morgan fingerprint density at radius 1 is 1.47 bits per heavy atom. The van der Waals surface area contributed by atoms with Gasteiger partial charge in [0.05, 0.1) is 11.5 Å². The Morgan fingerprint density at radius 3 is 2.65 bits per heavy atom. The third-order valence-electron chi connectivity index (χ3n) is 3.11. The van der Waals surface area contributed by atoms with Crippen molar-refractivity contribution < 1.29 is 24.2 Å². The number of carbonyl (C=O) groups is 2. The molecule has 0 spiro atoms. The summed E-state index contributed by atoms with van der Waals surface area (Å²) in [5.41, 5.74) is -0.214. The Labute approximate surface area is 99.4 Å². The Kier molecular flexibility index (Phi) is 2.95. The summed E-state index contributed by atoms with van der Waals surface area (Å²) in [6.07, 6.45) is 1.90. The van der Waals surface area contributed by atoms with Crippen LogP contribution in [-0.4, -0.2) is 35.4 Å². The van der Waals surface area contributed by atoms with E-state index in [0.717, 1.165) is 5.57 Å². The molecule has 17 heavy (non-hydrogen) atoms. The van der Waals surface area contributed by atoms with E-state index in [1.54, 1.807) is 13.8 Å². The second kappa shape index (κ2) is 4.14. The van der Waals surface area contributed by atoms with Gasteiger partial charge in [0.15, 0.2) is 0 Å². The highest BCUT2D eigenvalue weighted by Crippen LogP contribution is 2.33. The van der Waals surface area contributed by atoms with Crippen LogP contribution in [0.3, 0.4) is 0 Å². The van der Waals surface area contributed by atoms with Crippen molar-refractivity contribution in [2.45, 2.75) is 38.4 Å². The van der Waals surface area contributed by atoms with E-state index in [9.17, 15) is 14.7 Å². The second-order valence-corrected chi connectivity index (χ2v) is 5.13. The van der Waals surface area contributed by atoms with Crippen LogP contribution in [0.2, 0.25) is 0 Å². The molecule has 2 atom stereocenters. The first kappa shape index (κ1) is 12.1. The first-order valence-electron chi connectivity index (χ1n) is 5.65. The van der Waals surface area contributed by atoms with Crippen molar-refractivity contribution in [3.8, 4) is 0 Å². The summed E-state index contributed by atoms with van der Waals surface area (Å²) in [4.78, 5) is 22.5. The van der Waals surface area contributed by atoms with Gasteiger partial charge in [-0.3, -0.25) is 4.79 Å². The Hall–Kier alpha value is -1.36. The Balaban J connectivity index is 1.97. The molecule has 5 heteroatoms. The summed E-state index contributed by atoms with van der Waals surface area (Å²) in [5.74, 6) is -0.949. The molecule has 0 aromatic carbocycles. The normalized spacial score (nSPS) is 29.0.